The van der Waals surface area contributed by atoms with Crippen LogP contribution in [0.4, 0.5) is 5.69 Å². The van der Waals surface area contributed by atoms with E-state index in [0.29, 0.717) is 5.69 Å². The molecule has 5 nitrogen and oxygen atoms in total. The zero-order chi connectivity index (χ0) is 13.0. The fourth-order valence-corrected chi connectivity index (χ4v) is 1.57. The van der Waals surface area contributed by atoms with E-state index in [4.69, 9.17) is 10.5 Å². The van der Waals surface area contributed by atoms with Gasteiger partial charge >= 0.3 is 0 Å². The molecule has 0 atom stereocenters. The van der Waals surface area contributed by atoms with Crippen LogP contribution in [-0.2, 0) is 6.42 Å². The highest BCUT2D eigenvalue weighted by Gasteiger charge is 2.15. The molecule has 92 valence electrons. The molecule has 2 aromatic rings. The van der Waals surface area contributed by atoms with Crippen molar-refractivity contribution < 1.29 is 9.53 Å². The number of carbonyl (C=O) groups is 1. The van der Waals surface area contributed by atoms with Crippen LogP contribution in [0.1, 0.15) is 16.1 Å². The molecule has 0 amide bonds. The highest BCUT2D eigenvalue weighted by Crippen LogP contribution is 2.14. The fourth-order valence-electron chi connectivity index (χ4n) is 1.57. The Morgan fingerprint density at radius 1 is 1.22 bits per heavy atom. The lowest BCUT2D eigenvalue weighted by Crippen LogP contribution is -2.09. The predicted molar refractivity (Wildman–Crippen MR) is 67.5 cm³/mol. The van der Waals surface area contributed by atoms with Crippen molar-refractivity contribution in [2.24, 2.45) is 0 Å². The van der Waals surface area contributed by atoms with Gasteiger partial charge in [-0.15, -0.1) is 0 Å². The summed E-state index contributed by atoms with van der Waals surface area (Å²) in [5.41, 5.74) is 7.38. The average molecular weight is 243 g/mol. The molecule has 0 aliphatic rings. The van der Waals surface area contributed by atoms with E-state index < -0.39 is 0 Å². The number of nitrogens with zero attached hydrogens (tertiary/aromatic N) is 2. The number of carbonyl (C=O) groups excluding carboxylic acids is 1. The quantitative estimate of drug-likeness (QED) is 0.650. The summed E-state index contributed by atoms with van der Waals surface area (Å²) in [4.78, 5) is 20.0. The molecule has 2 rings (SSSR count). The minimum absolute atomic E-state index is 0.135. The summed E-state index contributed by atoms with van der Waals surface area (Å²) in [7, 11) is 1.46. The van der Waals surface area contributed by atoms with E-state index in [9.17, 15) is 4.79 Å². The number of benzene rings is 1. The van der Waals surface area contributed by atoms with E-state index >= 15 is 0 Å². The van der Waals surface area contributed by atoms with Crippen LogP contribution >= 0.6 is 0 Å². The molecule has 0 bridgehead atoms. The van der Waals surface area contributed by atoms with E-state index in [1.807, 2.05) is 12.1 Å². The van der Waals surface area contributed by atoms with E-state index in [-0.39, 0.29) is 23.8 Å². The topological polar surface area (TPSA) is 78.1 Å². The molecule has 0 saturated heterocycles. The van der Waals surface area contributed by atoms with E-state index in [1.54, 1.807) is 12.1 Å². The van der Waals surface area contributed by atoms with Crippen LogP contribution in [0, 0.1) is 0 Å². The minimum Gasteiger partial charge on any atom is -0.479 e. The van der Waals surface area contributed by atoms with Crippen molar-refractivity contribution in [1.29, 1.82) is 0 Å². The van der Waals surface area contributed by atoms with Gasteiger partial charge in [-0.2, -0.15) is 0 Å². The number of nitrogen functional groups attached to an aromatic ring is 1. The summed E-state index contributed by atoms with van der Waals surface area (Å²) in [6, 6.07) is 7.15. The molecule has 1 aromatic carbocycles. The first-order valence-corrected chi connectivity index (χ1v) is 5.43. The number of Topliss-reactive ketones (excluding diaryl/α,β-unsaturated/α-hetero) is 1. The van der Waals surface area contributed by atoms with Crippen molar-refractivity contribution in [3.63, 3.8) is 0 Å². The first kappa shape index (κ1) is 12.0. The number of hydrogen-bond donors (Lipinski definition) is 1. The first-order valence-electron chi connectivity index (χ1n) is 5.43. The van der Waals surface area contributed by atoms with Crippen LogP contribution in [0.2, 0.25) is 0 Å². The van der Waals surface area contributed by atoms with Gasteiger partial charge in [-0.1, -0.05) is 12.1 Å². The number of nitrogens with two attached hydrogens (primary N) is 1. The number of aromatic nitrogens is 2. The van der Waals surface area contributed by atoms with Crippen LogP contribution in [0.5, 0.6) is 5.88 Å². The third kappa shape index (κ3) is 2.63. The molecule has 0 fully saturated rings. The van der Waals surface area contributed by atoms with Crippen molar-refractivity contribution >= 4 is 11.5 Å². The summed E-state index contributed by atoms with van der Waals surface area (Å²) < 4.78 is 5.01. The Kier molecular flexibility index (Phi) is 3.52. The second kappa shape index (κ2) is 5.27. The third-order valence-corrected chi connectivity index (χ3v) is 2.47. The zero-order valence-electron chi connectivity index (χ0n) is 9.96. The maximum absolute atomic E-state index is 12.1. The summed E-state index contributed by atoms with van der Waals surface area (Å²) in [5, 5.41) is 0. The molecule has 5 heteroatoms. The number of ether oxygens (including phenoxy) is 1. The van der Waals surface area contributed by atoms with Gasteiger partial charge in [0.25, 0.3) is 0 Å². The van der Waals surface area contributed by atoms with Crippen molar-refractivity contribution in [3.05, 3.63) is 47.9 Å². The standard InChI is InChI=1S/C13H13N3O2/c1-18-13-12(15-6-7-16-13)11(17)8-9-2-4-10(14)5-3-9/h2-7H,8,14H2,1H3. The molecule has 1 aromatic heterocycles. The van der Waals surface area contributed by atoms with Crippen LogP contribution < -0.4 is 10.5 Å². The second-order valence-corrected chi connectivity index (χ2v) is 3.76. The molecule has 0 spiro atoms. The van der Waals surface area contributed by atoms with E-state index in [0.717, 1.165) is 5.56 Å². The lowest BCUT2D eigenvalue weighted by Gasteiger charge is -2.05. The first-order chi connectivity index (χ1) is 8.70. The molecule has 18 heavy (non-hydrogen) atoms. The zero-order valence-corrected chi connectivity index (χ0v) is 9.96. The Morgan fingerprint density at radius 3 is 2.56 bits per heavy atom. The van der Waals surface area contributed by atoms with Gasteiger partial charge in [0.1, 0.15) is 0 Å². The fraction of sp³-hybridized carbons (Fsp3) is 0.154. The molecular weight excluding hydrogens is 230 g/mol. The molecule has 1 heterocycles. The number of ketones is 1. The van der Waals surface area contributed by atoms with Gasteiger partial charge in [0.2, 0.25) is 5.88 Å². The number of anilines is 1. The van der Waals surface area contributed by atoms with Gasteiger partial charge in [-0.25, -0.2) is 9.97 Å². The largest absolute Gasteiger partial charge is 0.479 e. The highest BCUT2D eigenvalue weighted by atomic mass is 16.5. The lowest BCUT2D eigenvalue weighted by atomic mass is 10.1. The van der Waals surface area contributed by atoms with Gasteiger partial charge in [0.15, 0.2) is 11.5 Å². The molecule has 2 N–H and O–H groups in total. The Labute approximate surface area is 105 Å². The molecule has 0 saturated carbocycles. The predicted octanol–water partition coefficient (Wildman–Crippen LogP) is 1.49. The number of methoxy groups -OCH3 is 1. The summed E-state index contributed by atoms with van der Waals surface area (Å²) in [5.74, 6) is 0.114. The maximum atomic E-state index is 12.1. The van der Waals surface area contributed by atoms with Gasteiger partial charge in [-0.05, 0) is 17.7 Å². The monoisotopic (exact) mass is 243 g/mol. The van der Waals surface area contributed by atoms with Crippen molar-refractivity contribution in [3.8, 4) is 5.88 Å². The van der Waals surface area contributed by atoms with Gasteiger partial charge in [-0.3, -0.25) is 4.79 Å². The van der Waals surface area contributed by atoms with Crippen molar-refractivity contribution in [2.45, 2.75) is 6.42 Å². The Balaban J connectivity index is 2.19. The van der Waals surface area contributed by atoms with Gasteiger partial charge < -0.3 is 10.5 Å². The Bertz CT molecular complexity index is 552. The third-order valence-electron chi connectivity index (χ3n) is 2.47. The summed E-state index contributed by atoms with van der Waals surface area (Å²) >= 11 is 0. The average Bonchev–Trinajstić information content (AvgIpc) is 2.41. The molecular formula is C13H13N3O2. The maximum Gasteiger partial charge on any atom is 0.243 e. The van der Waals surface area contributed by atoms with Crippen LogP contribution in [0.25, 0.3) is 0 Å². The second-order valence-electron chi connectivity index (χ2n) is 3.76. The van der Waals surface area contributed by atoms with Crippen molar-refractivity contribution in [2.75, 3.05) is 12.8 Å². The van der Waals surface area contributed by atoms with Crippen LogP contribution in [0.15, 0.2) is 36.7 Å². The molecule has 0 aliphatic carbocycles. The molecule has 0 radical (unpaired) electrons. The number of rotatable bonds is 4. The van der Waals surface area contributed by atoms with Gasteiger partial charge in [0.05, 0.1) is 7.11 Å². The molecule has 0 unspecified atom stereocenters. The van der Waals surface area contributed by atoms with E-state index in [2.05, 4.69) is 9.97 Å². The smallest absolute Gasteiger partial charge is 0.243 e. The Morgan fingerprint density at radius 2 is 1.89 bits per heavy atom. The van der Waals surface area contributed by atoms with Crippen LogP contribution in [-0.4, -0.2) is 22.9 Å². The van der Waals surface area contributed by atoms with Crippen molar-refractivity contribution in [1.82, 2.24) is 9.97 Å². The SMILES string of the molecule is COc1nccnc1C(=O)Cc1ccc(N)cc1. The minimum atomic E-state index is -0.135. The lowest BCUT2D eigenvalue weighted by molar-refractivity contribution is 0.0984. The van der Waals surface area contributed by atoms with Crippen LogP contribution in [0.3, 0.4) is 0 Å². The summed E-state index contributed by atoms with van der Waals surface area (Å²) in [6.45, 7) is 0. The molecule has 0 aliphatic heterocycles. The normalized spacial score (nSPS) is 10.1. The van der Waals surface area contributed by atoms with E-state index in [1.165, 1.54) is 19.5 Å². The number of hydrogen-bond acceptors (Lipinski definition) is 5. The summed E-state index contributed by atoms with van der Waals surface area (Å²) in [6.07, 6.45) is 3.20. The van der Waals surface area contributed by atoms with Gasteiger partial charge in [0, 0.05) is 24.5 Å². The Hall–Kier alpha value is -2.43. The highest BCUT2D eigenvalue weighted by molar-refractivity contribution is 5.97.